The molecule has 1 aliphatic heterocycles. The highest BCUT2D eigenvalue weighted by molar-refractivity contribution is 6.07. The lowest BCUT2D eigenvalue weighted by Gasteiger charge is -2.24. The fraction of sp³-hybridized carbons (Fsp3) is 0.263. The highest BCUT2D eigenvalue weighted by Crippen LogP contribution is 2.23. The van der Waals surface area contributed by atoms with Crippen LogP contribution in [-0.2, 0) is 16.1 Å². The number of oxazole rings is 1. The smallest absolute Gasteiger partial charge is 0.277 e. The number of hydrogen-bond donors (Lipinski definition) is 3. The first-order valence-corrected chi connectivity index (χ1v) is 9.20. The van der Waals surface area contributed by atoms with Gasteiger partial charge in [-0.1, -0.05) is 6.07 Å². The third kappa shape index (κ3) is 3.35. The fourth-order valence-electron chi connectivity index (χ4n) is 3.42. The minimum atomic E-state index is -0.824. The molecule has 1 aliphatic rings. The number of nitrogens with one attached hydrogen (secondary N) is 2. The second kappa shape index (κ2) is 7.52. The maximum absolute atomic E-state index is 13.1. The van der Waals surface area contributed by atoms with Gasteiger partial charge in [-0.15, -0.1) is 0 Å². The van der Waals surface area contributed by atoms with Crippen molar-refractivity contribution in [1.29, 1.82) is 0 Å². The van der Waals surface area contributed by atoms with E-state index in [-0.39, 0.29) is 53.6 Å². The van der Waals surface area contributed by atoms with Gasteiger partial charge in [0.15, 0.2) is 5.69 Å². The van der Waals surface area contributed by atoms with Crippen LogP contribution in [0.4, 0.5) is 5.69 Å². The Morgan fingerprint density at radius 3 is 2.83 bits per heavy atom. The van der Waals surface area contributed by atoms with Crippen molar-refractivity contribution < 1.29 is 18.8 Å². The van der Waals surface area contributed by atoms with E-state index in [1.165, 1.54) is 10.8 Å². The minimum Gasteiger partial charge on any atom is -0.447 e. The van der Waals surface area contributed by atoms with Gasteiger partial charge in [0.25, 0.3) is 11.5 Å². The Labute approximate surface area is 169 Å². The van der Waals surface area contributed by atoms with Crippen molar-refractivity contribution >= 4 is 34.3 Å². The number of rotatable bonds is 4. The third-order valence-electron chi connectivity index (χ3n) is 4.84. The Morgan fingerprint density at radius 1 is 1.33 bits per heavy atom. The minimum absolute atomic E-state index is 0.0426. The second-order valence-electron chi connectivity index (χ2n) is 6.79. The number of piperidine rings is 1. The molecular weight excluding hydrogens is 392 g/mol. The number of nitrogens with zero attached hydrogens (tertiary/aromatic N) is 3. The summed E-state index contributed by atoms with van der Waals surface area (Å²) in [6.45, 7) is 1.65. The predicted octanol–water partition coefficient (Wildman–Crippen LogP) is 0.382. The molecule has 0 saturated carbocycles. The van der Waals surface area contributed by atoms with E-state index in [0.29, 0.717) is 5.69 Å². The molecule has 11 nitrogen and oxygen atoms in total. The van der Waals surface area contributed by atoms with Crippen LogP contribution in [0.15, 0.2) is 33.7 Å². The van der Waals surface area contributed by atoms with Crippen LogP contribution in [0.25, 0.3) is 10.9 Å². The van der Waals surface area contributed by atoms with Crippen LogP contribution in [0.1, 0.15) is 41.1 Å². The van der Waals surface area contributed by atoms with Crippen LogP contribution in [0.2, 0.25) is 0 Å². The summed E-state index contributed by atoms with van der Waals surface area (Å²) in [7, 11) is 0. The van der Waals surface area contributed by atoms with Gasteiger partial charge in [0, 0.05) is 6.42 Å². The van der Waals surface area contributed by atoms with Gasteiger partial charge in [-0.2, -0.15) is 0 Å². The number of anilines is 1. The Bertz CT molecular complexity index is 1240. The van der Waals surface area contributed by atoms with Crippen molar-refractivity contribution in [2.24, 2.45) is 5.73 Å². The molecule has 1 aromatic carbocycles. The lowest BCUT2D eigenvalue weighted by Crippen LogP contribution is -2.45. The van der Waals surface area contributed by atoms with Crippen LogP contribution in [0, 0.1) is 6.92 Å². The summed E-state index contributed by atoms with van der Waals surface area (Å²) < 4.78 is 6.35. The number of fused-ring (bicyclic) bond motifs is 1. The average molecular weight is 410 g/mol. The quantitative estimate of drug-likeness (QED) is 0.520. The Kier molecular flexibility index (Phi) is 4.88. The summed E-state index contributed by atoms with van der Waals surface area (Å²) in [5.41, 5.74) is 5.63. The molecule has 0 radical (unpaired) electrons. The monoisotopic (exact) mass is 410 g/mol. The average Bonchev–Trinajstić information content (AvgIpc) is 3.20. The number of imide groups is 1. The van der Waals surface area contributed by atoms with Crippen molar-refractivity contribution in [3.8, 4) is 0 Å². The van der Waals surface area contributed by atoms with E-state index in [1.54, 1.807) is 25.1 Å². The van der Waals surface area contributed by atoms with Crippen molar-refractivity contribution in [1.82, 2.24) is 19.9 Å². The molecular formula is C19H18N6O5. The predicted molar refractivity (Wildman–Crippen MR) is 105 cm³/mol. The molecule has 4 N–H and O–H groups in total. The van der Waals surface area contributed by atoms with Crippen molar-refractivity contribution in [2.75, 3.05) is 5.32 Å². The standard InChI is InChI=1S/C19H18N6O5/c1-9-21-16-10(19(29)25(9)13-5-6-14(26)24-18(13)28)3-2-4-11(16)23-17(27)12-8-30-15(7-20)22-12/h2-4,8,13H,5-7,20H2,1H3,(H,23,27)(H,24,26,28). The first-order valence-electron chi connectivity index (χ1n) is 9.20. The Morgan fingerprint density at radius 2 is 2.13 bits per heavy atom. The van der Waals surface area contributed by atoms with Gasteiger partial charge in [0.1, 0.15) is 23.6 Å². The number of benzene rings is 1. The van der Waals surface area contributed by atoms with Gasteiger partial charge < -0.3 is 15.5 Å². The highest BCUT2D eigenvalue weighted by Gasteiger charge is 2.30. The molecule has 0 bridgehead atoms. The molecule has 30 heavy (non-hydrogen) atoms. The van der Waals surface area contributed by atoms with E-state index in [2.05, 4.69) is 20.6 Å². The lowest BCUT2D eigenvalue weighted by molar-refractivity contribution is -0.135. The van der Waals surface area contributed by atoms with E-state index in [4.69, 9.17) is 10.2 Å². The number of amides is 3. The van der Waals surface area contributed by atoms with Crippen LogP contribution in [0.5, 0.6) is 0 Å². The van der Waals surface area contributed by atoms with E-state index in [0.717, 1.165) is 0 Å². The lowest BCUT2D eigenvalue weighted by atomic mass is 10.1. The molecule has 0 aliphatic carbocycles. The molecule has 3 amide bonds. The number of carbonyl (C=O) groups excluding carboxylic acids is 3. The van der Waals surface area contributed by atoms with Gasteiger partial charge in [-0.25, -0.2) is 9.97 Å². The van der Waals surface area contributed by atoms with Gasteiger partial charge >= 0.3 is 0 Å². The number of nitrogens with two attached hydrogens (primary N) is 1. The molecule has 154 valence electrons. The van der Waals surface area contributed by atoms with E-state index >= 15 is 0 Å². The van der Waals surface area contributed by atoms with E-state index in [1.807, 2.05) is 0 Å². The zero-order valence-corrected chi connectivity index (χ0v) is 16.0. The van der Waals surface area contributed by atoms with Gasteiger partial charge in [-0.3, -0.25) is 29.1 Å². The first-order chi connectivity index (χ1) is 14.4. The molecule has 1 unspecified atom stereocenters. The van der Waals surface area contributed by atoms with Gasteiger partial charge in [0.2, 0.25) is 17.7 Å². The Hall–Kier alpha value is -3.86. The second-order valence-corrected chi connectivity index (χ2v) is 6.79. The summed E-state index contributed by atoms with van der Waals surface area (Å²) in [6.07, 6.45) is 1.54. The summed E-state index contributed by atoms with van der Waals surface area (Å²) in [4.78, 5) is 57.7. The summed E-state index contributed by atoms with van der Waals surface area (Å²) in [6, 6.07) is 3.94. The molecule has 1 atom stereocenters. The van der Waals surface area contributed by atoms with Crippen molar-refractivity contribution in [3.63, 3.8) is 0 Å². The Balaban J connectivity index is 1.74. The molecule has 1 saturated heterocycles. The van der Waals surface area contributed by atoms with Crippen LogP contribution >= 0.6 is 0 Å². The molecule has 4 rings (SSSR count). The summed E-state index contributed by atoms with van der Waals surface area (Å²) in [5, 5.41) is 5.14. The van der Waals surface area contributed by atoms with Crippen LogP contribution in [-0.4, -0.2) is 32.3 Å². The maximum Gasteiger partial charge on any atom is 0.277 e. The number of carbonyl (C=O) groups is 3. The zero-order chi connectivity index (χ0) is 21.4. The first kappa shape index (κ1) is 19.5. The summed E-state index contributed by atoms with van der Waals surface area (Å²) >= 11 is 0. The molecule has 3 aromatic rings. The highest BCUT2D eigenvalue weighted by atomic mass is 16.3. The fourth-order valence-corrected chi connectivity index (χ4v) is 3.42. The van der Waals surface area contributed by atoms with Crippen LogP contribution in [0.3, 0.4) is 0 Å². The SMILES string of the molecule is Cc1nc2c(NC(=O)c3coc(CN)n3)cccc2c(=O)n1C1CCC(=O)NC1=O. The topological polar surface area (TPSA) is 162 Å². The van der Waals surface area contributed by atoms with Gasteiger partial charge in [0.05, 0.1) is 17.6 Å². The molecule has 1 fully saturated rings. The largest absolute Gasteiger partial charge is 0.447 e. The van der Waals surface area contributed by atoms with E-state index < -0.39 is 23.4 Å². The number of para-hydroxylation sites is 1. The maximum atomic E-state index is 13.1. The zero-order valence-electron chi connectivity index (χ0n) is 16.0. The molecule has 11 heteroatoms. The normalized spacial score (nSPS) is 16.5. The van der Waals surface area contributed by atoms with Crippen molar-refractivity contribution in [3.05, 3.63) is 52.2 Å². The molecule has 3 heterocycles. The molecule has 2 aromatic heterocycles. The number of aromatic nitrogens is 3. The van der Waals surface area contributed by atoms with Gasteiger partial charge in [-0.05, 0) is 25.5 Å². The number of hydrogen-bond acceptors (Lipinski definition) is 8. The van der Waals surface area contributed by atoms with E-state index in [9.17, 15) is 19.2 Å². The third-order valence-corrected chi connectivity index (χ3v) is 4.84. The summed E-state index contributed by atoms with van der Waals surface area (Å²) in [5.74, 6) is -0.940. The molecule has 0 spiro atoms. The number of aryl methyl sites for hydroxylation is 1. The van der Waals surface area contributed by atoms with Crippen LogP contribution < -0.4 is 21.9 Å². The van der Waals surface area contributed by atoms with Crippen molar-refractivity contribution in [2.45, 2.75) is 32.4 Å².